The normalized spacial score (nSPS) is 16.0. The van der Waals surface area contributed by atoms with E-state index in [4.69, 9.17) is 15.6 Å². The summed E-state index contributed by atoms with van der Waals surface area (Å²) in [7, 11) is 0. The number of hydrogen-bond acceptors (Lipinski definition) is 12. The van der Waals surface area contributed by atoms with E-state index in [0.29, 0.717) is 73.1 Å². The van der Waals surface area contributed by atoms with Crippen LogP contribution in [0.1, 0.15) is 125 Å². The highest BCUT2D eigenvalue weighted by Crippen LogP contribution is 2.32. The molecule has 2 aromatic carbocycles. The molecular formula is C48H66F3N9O11. The summed E-state index contributed by atoms with van der Waals surface area (Å²) in [6.07, 6.45) is -1.73. The van der Waals surface area contributed by atoms with E-state index in [1.807, 2.05) is 27.7 Å². The van der Waals surface area contributed by atoms with E-state index in [2.05, 4.69) is 37.2 Å². The van der Waals surface area contributed by atoms with Gasteiger partial charge in [-0.05, 0) is 64.4 Å². The smallest absolute Gasteiger partial charge is 0.475 e. The van der Waals surface area contributed by atoms with Crippen LogP contribution in [0.4, 0.5) is 18.9 Å². The van der Waals surface area contributed by atoms with Crippen molar-refractivity contribution >= 4 is 64.6 Å². The Morgan fingerprint density at radius 1 is 0.732 bits per heavy atom. The maximum atomic E-state index is 14.0. The molecule has 0 saturated carbocycles. The number of carboxylic acid groups (broad SMARTS) is 1. The predicted octanol–water partition coefficient (Wildman–Crippen LogP) is 2.07. The Balaban J connectivity index is 0.00000176. The molecule has 6 atom stereocenters. The van der Waals surface area contributed by atoms with E-state index in [-0.39, 0.29) is 49.2 Å². The molecule has 23 heteroatoms. The lowest BCUT2D eigenvalue weighted by Gasteiger charge is -2.29. The maximum absolute atomic E-state index is 14.0. The van der Waals surface area contributed by atoms with Crippen molar-refractivity contribution in [3.8, 4) is 0 Å². The fraction of sp³-hybridized carbons (Fsp3) is 0.542. The number of ketones is 2. The zero-order valence-electron chi connectivity index (χ0n) is 40.8. The quantitative estimate of drug-likeness (QED) is 0.0616. The van der Waals surface area contributed by atoms with Crippen molar-refractivity contribution in [2.45, 2.75) is 135 Å². The molecule has 1 heterocycles. The molecule has 20 nitrogen and oxygen atoms in total. The predicted molar refractivity (Wildman–Crippen MR) is 254 cm³/mol. The van der Waals surface area contributed by atoms with Crippen LogP contribution in [0.3, 0.4) is 0 Å². The second-order valence-electron chi connectivity index (χ2n) is 17.7. The number of hydrogen-bond donors (Lipinski definition) is 9. The van der Waals surface area contributed by atoms with Crippen LogP contribution >= 0.6 is 0 Å². The van der Waals surface area contributed by atoms with Crippen molar-refractivity contribution in [1.29, 1.82) is 0 Å². The first-order valence-corrected chi connectivity index (χ1v) is 23.6. The number of nitrogens with zero attached hydrogens (tertiary/aromatic N) is 1. The van der Waals surface area contributed by atoms with E-state index in [9.17, 15) is 56.3 Å². The molecule has 10 N–H and O–H groups in total. The van der Waals surface area contributed by atoms with Crippen molar-refractivity contribution in [1.82, 2.24) is 36.8 Å². The van der Waals surface area contributed by atoms with Gasteiger partial charge in [0.15, 0.2) is 11.6 Å². The van der Waals surface area contributed by atoms with E-state index in [0.717, 1.165) is 0 Å². The van der Waals surface area contributed by atoms with Gasteiger partial charge in [-0.25, -0.2) is 4.79 Å². The second kappa shape index (κ2) is 27.5. The van der Waals surface area contributed by atoms with E-state index in [1.165, 1.54) is 18.7 Å². The Morgan fingerprint density at radius 3 is 1.89 bits per heavy atom. The molecule has 390 valence electrons. The number of aliphatic carboxylic acids is 1. The Kier molecular flexibility index (Phi) is 22.6. The molecule has 0 spiro atoms. The number of carbonyl (C=O) groups excluding carboxylic acids is 9. The fourth-order valence-corrected chi connectivity index (χ4v) is 7.76. The van der Waals surface area contributed by atoms with Gasteiger partial charge in [0.2, 0.25) is 41.4 Å². The molecule has 0 aromatic heterocycles. The third kappa shape index (κ3) is 17.2. The van der Waals surface area contributed by atoms with Gasteiger partial charge in [-0.1, -0.05) is 76.9 Å². The molecule has 71 heavy (non-hydrogen) atoms. The van der Waals surface area contributed by atoms with Gasteiger partial charge < -0.3 is 53.0 Å². The monoisotopic (exact) mass is 1000 g/mol. The summed E-state index contributed by atoms with van der Waals surface area (Å²) in [5, 5.41) is 26.4. The summed E-state index contributed by atoms with van der Waals surface area (Å²) < 4.78 is 31.7. The summed E-state index contributed by atoms with van der Waals surface area (Å²) >= 11 is 0. The molecule has 4 rings (SSSR count). The summed E-state index contributed by atoms with van der Waals surface area (Å²) in [6.45, 7) is 10.9. The number of nitrogens with one attached hydrogen (secondary N) is 7. The van der Waals surface area contributed by atoms with Gasteiger partial charge in [0.05, 0.1) is 18.2 Å². The zero-order chi connectivity index (χ0) is 53.2. The van der Waals surface area contributed by atoms with Crippen LogP contribution in [0, 0.1) is 5.92 Å². The van der Waals surface area contributed by atoms with Crippen LogP contribution in [0.5, 0.6) is 0 Å². The minimum absolute atomic E-state index is 0.00575. The zero-order valence-corrected chi connectivity index (χ0v) is 40.8. The van der Waals surface area contributed by atoms with Crippen LogP contribution < -0.4 is 43.0 Å². The molecule has 1 aliphatic heterocycles. The molecule has 1 saturated heterocycles. The van der Waals surface area contributed by atoms with Gasteiger partial charge in [0.1, 0.15) is 30.2 Å². The second-order valence-corrected chi connectivity index (χ2v) is 17.7. The molecule has 0 radical (unpaired) electrons. The average Bonchev–Trinajstić information content (AvgIpc) is 3.81. The lowest BCUT2D eigenvalue weighted by atomic mass is 9.83. The van der Waals surface area contributed by atoms with Gasteiger partial charge in [-0.3, -0.25) is 43.2 Å². The van der Waals surface area contributed by atoms with Crippen LogP contribution in [0.15, 0.2) is 42.5 Å². The molecule has 0 unspecified atom stereocenters. The van der Waals surface area contributed by atoms with E-state index in [1.54, 1.807) is 42.5 Å². The lowest BCUT2D eigenvalue weighted by Crippen LogP contribution is -2.57. The van der Waals surface area contributed by atoms with Gasteiger partial charge in [-0.2, -0.15) is 13.2 Å². The number of likely N-dealkylation sites (tertiary alicyclic amines) is 1. The molecule has 1 aliphatic carbocycles. The Hall–Kier alpha value is -6.91. The van der Waals surface area contributed by atoms with Crippen LogP contribution in [0.2, 0.25) is 0 Å². The SMILES string of the molecule is CCC[C@H](NC(=O)[C@H](C)NC(=O)[C@H](C)N)C(=O)N[C@@H](CCC)C(=O)NCC(=O)N[C@@H](CC(C)C)C(=O)N1CCC[C@H]1C(=O)NCCCNc1cccc2c1C(=O)c1ccccc1C2=O.O=C(O)C(F)(F)F. The average molecular weight is 1000 g/mol. The highest BCUT2D eigenvalue weighted by atomic mass is 19.4. The number of fused-ring (bicyclic) bond motifs is 2. The number of benzene rings is 2. The van der Waals surface area contributed by atoms with Crippen molar-refractivity contribution in [2.24, 2.45) is 11.7 Å². The van der Waals surface area contributed by atoms with E-state index >= 15 is 0 Å². The number of alkyl halides is 3. The molecule has 0 bridgehead atoms. The fourth-order valence-electron chi connectivity index (χ4n) is 7.76. The summed E-state index contributed by atoms with van der Waals surface area (Å²) in [6, 6.07) is 6.32. The topological polar surface area (TPSA) is 304 Å². The minimum Gasteiger partial charge on any atom is -0.475 e. The molecule has 1 fully saturated rings. The van der Waals surface area contributed by atoms with Gasteiger partial charge in [-0.15, -0.1) is 0 Å². The summed E-state index contributed by atoms with van der Waals surface area (Å²) in [4.78, 5) is 129. The Labute approximate surface area is 409 Å². The number of halogens is 3. The van der Waals surface area contributed by atoms with E-state index < -0.39 is 90.4 Å². The van der Waals surface area contributed by atoms with Gasteiger partial charge in [0, 0.05) is 42.0 Å². The summed E-state index contributed by atoms with van der Waals surface area (Å²) in [5.41, 5.74) is 7.51. The first kappa shape index (κ1) is 58.4. The first-order chi connectivity index (χ1) is 33.4. The number of nitrogens with two attached hydrogens (primary N) is 1. The summed E-state index contributed by atoms with van der Waals surface area (Å²) in [5.74, 6) is -6.92. The lowest BCUT2D eigenvalue weighted by molar-refractivity contribution is -0.192. The van der Waals surface area contributed by atoms with Gasteiger partial charge >= 0.3 is 12.1 Å². The standard InChI is InChI=1S/C46H65N9O9.C2HF3O2/c1-7-14-33(54-44(62)34(15-8-2)53-42(60)28(6)51-41(59)27(5)47)43(61)50-25-37(56)52-35(24-26(3)4)46(64)55-23-12-20-36(55)45(63)49-22-13-21-48-32-19-11-18-31-38(32)40(58)30-17-10-9-16-29(30)39(31)57;3-2(4,5)1(6)7/h9-11,16-19,26-28,33-36,48H,7-8,12-15,20-25,47H2,1-6H3,(H,49,63)(H,50,61)(H,51,59)(H,52,56)(H,53,60)(H,54,62);(H,6,7)/t27-,28-,33-,34-,35-,36-;/m0./s1. The Bertz CT molecular complexity index is 2270. The number of rotatable bonds is 23. The van der Waals surface area contributed by atoms with Crippen LogP contribution in [-0.4, -0.2) is 137 Å². The number of anilines is 1. The molecule has 7 amide bonds. The number of amides is 7. The molecule has 2 aliphatic rings. The minimum atomic E-state index is -5.08. The van der Waals surface area contributed by atoms with Crippen molar-refractivity contribution in [3.05, 3.63) is 64.7 Å². The number of carbonyl (C=O) groups is 10. The third-order valence-electron chi connectivity index (χ3n) is 11.4. The van der Waals surface area contributed by atoms with Crippen molar-refractivity contribution < 1.29 is 66.2 Å². The van der Waals surface area contributed by atoms with Crippen LogP contribution in [-0.2, 0) is 38.4 Å². The highest BCUT2D eigenvalue weighted by molar-refractivity contribution is 6.30. The number of carboxylic acids is 1. The van der Waals surface area contributed by atoms with Crippen LogP contribution in [0.25, 0.3) is 0 Å². The Morgan fingerprint density at radius 2 is 1.31 bits per heavy atom. The maximum Gasteiger partial charge on any atom is 0.490 e. The van der Waals surface area contributed by atoms with Gasteiger partial charge in [0.25, 0.3) is 0 Å². The molecular weight excluding hydrogens is 936 g/mol. The largest absolute Gasteiger partial charge is 0.490 e. The molecule has 2 aromatic rings. The van der Waals surface area contributed by atoms with Crippen molar-refractivity contribution in [2.75, 3.05) is 31.5 Å². The van der Waals surface area contributed by atoms with Crippen molar-refractivity contribution in [3.63, 3.8) is 0 Å². The third-order valence-corrected chi connectivity index (χ3v) is 11.4. The first-order valence-electron chi connectivity index (χ1n) is 23.6. The highest BCUT2D eigenvalue weighted by Gasteiger charge is 2.39.